The van der Waals surface area contributed by atoms with Crippen LogP contribution in [0.3, 0.4) is 0 Å². The lowest BCUT2D eigenvalue weighted by Gasteiger charge is -2.23. The molecule has 0 aromatic heterocycles. The zero-order valence-electron chi connectivity index (χ0n) is 12.7. The molecule has 0 bridgehead atoms. The number of rotatable bonds is 4. The van der Waals surface area contributed by atoms with Gasteiger partial charge >= 0.3 is 0 Å². The van der Waals surface area contributed by atoms with Crippen molar-refractivity contribution in [3.63, 3.8) is 0 Å². The van der Waals surface area contributed by atoms with Crippen LogP contribution in [0.2, 0.25) is 0 Å². The Hall–Kier alpha value is -1.35. The molecule has 0 spiro atoms. The molecule has 0 fully saturated rings. The first-order valence-corrected chi connectivity index (χ1v) is 6.81. The molecule has 0 aliphatic carbocycles. The summed E-state index contributed by atoms with van der Waals surface area (Å²) in [6.45, 7) is 10.9. The fraction of sp³-hybridized carbons (Fsp3) is 0.562. The maximum absolute atomic E-state index is 12.2. The van der Waals surface area contributed by atoms with Gasteiger partial charge < -0.3 is 11.1 Å². The van der Waals surface area contributed by atoms with Crippen LogP contribution in [0, 0.1) is 19.3 Å². The van der Waals surface area contributed by atoms with Crippen molar-refractivity contribution in [1.29, 1.82) is 0 Å². The van der Waals surface area contributed by atoms with Gasteiger partial charge in [-0.1, -0.05) is 39.0 Å². The van der Waals surface area contributed by atoms with Crippen molar-refractivity contribution in [2.24, 2.45) is 11.1 Å². The zero-order valence-corrected chi connectivity index (χ0v) is 12.7. The predicted octanol–water partition coefficient (Wildman–Crippen LogP) is 2.80. The van der Waals surface area contributed by atoms with Crippen LogP contribution in [0.4, 0.5) is 0 Å². The van der Waals surface area contributed by atoms with Crippen molar-refractivity contribution in [2.75, 3.05) is 6.54 Å². The van der Waals surface area contributed by atoms with Crippen LogP contribution >= 0.6 is 0 Å². The van der Waals surface area contributed by atoms with Gasteiger partial charge in [0, 0.05) is 18.2 Å². The molecule has 0 saturated heterocycles. The number of benzene rings is 1. The number of nitrogens with one attached hydrogen (secondary N) is 1. The van der Waals surface area contributed by atoms with Crippen LogP contribution in [-0.4, -0.2) is 18.5 Å². The van der Waals surface area contributed by atoms with E-state index < -0.39 is 0 Å². The molecule has 1 unspecified atom stereocenters. The summed E-state index contributed by atoms with van der Waals surface area (Å²) in [4.78, 5) is 12.2. The molecule has 0 radical (unpaired) electrons. The molecule has 1 atom stereocenters. The normalized spacial score (nSPS) is 13.2. The van der Waals surface area contributed by atoms with Crippen LogP contribution in [0.15, 0.2) is 18.2 Å². The van der Waals surface area contributed by atoms with Crippen molar-refractivity contribution in [3.8, 4) is 0 Å². The lowest BCUT2D eigenvalue weighted by molar-refractivity contribution is 0.0947. The van der Waals surface area contributed by atoms with E-state index in [-0.39, 0.29) is 17.4 Å². The van der Waals surface area contributed by atoms with Crippen LogP contribution in [0.1, 0.15) is 48.7 Å². The standard InChI is InChI=1S/C16H26N2O/c1-11-7-6-8-12(2)14(11)15(19)18-10-13(17)9-16(3,4)5/h6-8,13H,9-10,17H2,1-5H3,(H,18,19). The van der Waals surface area contributed by atoms with Crippen molar-refractivity contribution in [3.05, 3.63) is 34.9 Å². The van der Waals surface area contributed by atoms with Crippen LogP contribution < -0.4 is 11.1 Å². The summed E-state index contributed by atoms with van der Waals surface area (Å²) in [5.41, 5.74) is 9.00. The number of carbonyl (C=O) groups is 1. The molecule has 3 N–H and O–H groups in total. The summed E-state index contributed by atoms with van der Waals surface area (Å²) in [5, 5.41) is 2.94. The Bertz CT molecular complexity index is 426. The molecular formula is C16H26N2O. The summed E-state index contributed by atoms with van der Waals surface area (Å²) in [7, 11) is 0. The third-order valence-electron chi connectivity index (χ3n) is 3.11. The molecule has 0 aliphatic heterocycles. The van der Waals surface area contributed by atoms with Gasteiger partial charge in [0.15, 0.2) is 0 Å². The average molecular weight is 262 g/mol. The van der Waals surface area contributed by atoms with E-state index in [1.165, 1.54) is 0 Å². The molecule has 1 aromatic carbocycles. The molecule has 0 saturated carbocycles. The number of aryl methyl sites for hydroxylation is 2. The summed E-state index contributed by atoms with van der Waals surface area (Å²) in [6.07, 6.45) is 0.889. The maximum Gasteiger partial charge on any atom is 0.251 e. The van der Waals surface area contributed by atoms with Crippen LogP contribution in [-0.2, 0) is 0 Å². The highest BCUT2D eigenvalue weighted by atomic mass is 16.1. The number of carbonyl (C=O) groups excluding carboxylic acids is 1. The van der Waals surface area contributed by atoms with Crippen molar-refractivity contribution < 1.29 is 4.79 Å². The molecule has 3 nitrogen and oxygen atoms in total. The maximum atomic E-state index is 12.2. The summed E-state index contributed by atoms with van der Waals surface area (Å²) < 4.78 is 0. The van der Waals surface area contributed by atoms with E-state index in [0.717, 1.165) is 23.1 Å². The van der Waals surface area contributed by atoms with E-state index in [0.29, 0.717) is 6.54 Å². The summed E-state index contributed by atoms with van der Waals surface area (Å²) >= 11 is 0. The highest BCUT2D eigenvalue weighted by Crippen LogP contribution is 2.19. The first-order valence-electron chi connectivity index (χ1n) is 6.81. The molecular weight excluding hydrogens is 236 g/mol. The largest absolute Gasteiger partial charge is 0.350 e. The quantitative estimate of drug-likeness (QED) is 0.876. The molecule has 3 heteroatoms. The Labute approximate surface area is 116 Å². The number of hydrogen-bond acceptors (Lipinski definition) is 2. The molecule has 106 valence electrons. The van der Waals surface area contributed by atoms with Gasteiger partial charge in [0.05, 0.1) is 0 Å². The van der Waals surface area contributed by atoms with E-state index in [2.05, 4.69) is 26.1 Å². The second-order valence-electron chi connectivity index (χ2n) is 6.50. The molecule has 1 aromatic rings. The van der Waals surface area contributed by atoms with Gasteiger partial charge in [-0.25, -0.2) is 0 Å². The number of hydrogen-bond donors (Lipinski definition) is 2. The van der Waals surface area contributed by atoms with Gasteiger partial charge in [-0.2, -0.15) is 0 Å². The van der Waals surface area contributed by atoms with Crippen molar-refractivity contribution >= 4 is 5.91 Å². The Kier molecular flexibility index (Phi) is 5.12. The smallest absolute Gasteiger partial charge is 0.251 e. The zero-order chi connectivity index (χ0) is 14.6. The van der Waals surface area contributed by atoms with Gasteiger partial charge in [0.1, 0.15) is 0 Å². The third kappa shape index (κ3) is 5.03. The van der Waals surface area contributed by atoms with E-state index in [1.54, 1.807) is 0 Å². The minimum absolute atomic E-state index is 0.00623. The molecule has 19 heavy (non-hydrogen) atoms. The van der Waals surface area contributed by atoms with Crippen molar-refractivity contribution in [2.45, 2.75) is 47.1 Å². The Morgan fingerprint density at radius 2 is 1.79 bits per heavy atom. The monoisotopic (exact) mass is 262 g/mol. The first kappa shape index (κ1) is 15.7. The van der Waals surface area contributed by atoms with E-state index >= 15 is 0 Å². The number of nitrogens with two attached hydrogens (primary N) is 1. The van der Waals surface area contributed by atoms with Crippen LogP contribution in [0.5, 0.6) is 0 Å². The van der Waals surface area contributed by atoms with Gasteiger partial charge in [-0.05, 0) is 36.8 Å². The molecule has 1 rings (SSSR count). The Morgan fingerprint density at radius 3 is 2.26 bits per heavy atom. The van der Waals surface area contributed by atoms with Crippen molar-refractivity contribution in [1.82, 2.24) is 5.32 Å². The topological polar surface area (TPSA) is 55.1 Å². The van der Waals surface area contributed by atoms with Crippen LogP contribution in [0.25, 0.3) is 0 Å². The van der Waals surface area contributed by atoms with Gasteiger partial charge in [0.25, 0.3) is 5.91 Å². The minimum atomic E-state index is -0.0278. The third-order valence-corrected chi connectivity index (χ3v) is 3.11. The van der Waals surface area contributed by atoms with E-state index in [4.69, 9.17) is 5.73 Å². The first-order chi connectivity index (χ1) is 8.70. The van der Waals surface area contributed by atoms with Gasteiger partial charge in [-0.15, -0.1) is 0 Å². The highest BCUT2D eigenvalue weighted by Gasteiger charge is 2.17. The minimum Gasteiger partial charge on any atom is -0.350 e. The SMILES string of the molecule is Cc1cccc(C)c1C(=O)NCC(N)CC(C)(C)C. The second-order valence-corrected chi connectivity index (χ2v) is 6.50. The Morgan fingerprint density at radius 1 is 1.26 bits per heavy atom. The van der Waals surface area contributed by atoms with E-state index in [9.17, 15) is 4.79 Å². The fourth-order valence-corrected chi connectivity index (χ4v) is 2.34. The molecule has 1 amide bonds. The second kappa shape index (κ2) is 6.20. The Balaban J connectivity index is 2.61. The summed E-state index contributed by atoms with van der Waals surface area (Å²) in [5.74, 6) is -0.0278. The average Bonchev–Trinajstić information content (AvgIpc) is 2.23. The highest BCUT2D eigenvalue weighted by molar-refractivity contribution is 5.97. The lowest BCUT2D eigenvalue weighted by Crippen LogP contribution is -2.39. The van der Waals surface area contributed by atoms with Gasteiger partial charge in [-0.3, -0.25) is 4.79 Å². The molecule has 0 aliphatic rings. The van der Waals surface area contributed by atoms with Gasteiger partial charge in [0.2, 0.25) is 0 Å². The van der Waals surface area contributed by atoms with E-state index in [1.807, 2.05) is 32.0 Å². The number of amides is 1. The predicted molar refractivity (Wildman–Crippen MR) is 80.3 cm³/mol. The fourth-order valence-electron chi connectivity index (χ4n) is 2.34. The molecule has 0 heterocycles. The lowest BCUT2D eigenvalue weighted by atomic mass is 9.88. The summed E-state index contributed by atoms with van der Waals surface area (Å²) in [6, 6.07) is 5.87.